The lowest BCUT2D eigenvalue weighted by atomic mass is 9.50. The van der Waals surface area contributed by atoms with Crippen molar-refractivity contribution in [3.63, 3.8) is 0 Å². The second kappa shape index (κ2) is 36.6. The van der Waals surface area contributed by atoms with Gasteiger partial charge in [0.1, 0.15) is 5.78 Å². The summed E-state index contributed by atoms with van der Waals surface area (Å²) in [7, 11) is 0. The Morgan fingerprint density at radius 3 is 1.05 bits per heavy atom. The number of allylic oxidation sites excluding steroid dienone is 7. The van der Waals surface area contributed by atoms with Crippen LogP contribution in [0.1, 0.15) is 359 Å². The zero-order valence-electron chi connectivity index (χ0n) is 82.0. The number of aliphatic hydroxyl groups excluding tert-OH is 2. The van der Waals surface area contributed by atoms with Gasteiger partial charge in [0.05, 0.1) is 65.2 Å². The van der Waals surface area contributed by atoms with E-state index < -0.39 is 28.0 Å². The second-order valence-corrected chi connectivity index (χ2v) is 52.2. The molecule has 0 bridgehead atoms. The molecule has 1 heterocycles. The van der Waals surface area contributed by atoms with Crippen LogP contribution in [0.5, 0.6) is 0 Å². The fourth-order valence-electron chi connectivity index (χ4n) is 37.8. The van der Waals surface area contributed by atoms with E-state index in [4.69, 9.17) is 0 Å². The molecule has 716 valence electrons. The summed E-state index contributed by atoms with van der Waals surface area (Å²) < 4.78 is 45.2. The highest BCUT2D eigenvalue weighted by Crippen LogP contribution is 2.72. The molecule has 0 spiro atoms. The van der Waals surface area contributed by atoms with Crippen molar-refractivity contribution < 1.29 is 53.7 Å². The molecule has 1 aliphatic heterocycles. The number of alkyl halides is 1. The van der Waals surface area contributed by atoms with Gasteiger partial charge in [0.25, 0.3) is 0 Å². The Labute approximate surface area is 781 Å². The standard InChI is InChI=1S/C26H41NO2.C23H36O2.C22H32BrFO.C22H33FO2.C22H33FO/c1-25(29)12-10-19-18(16-25)6-7-21-20(19)11-13-26(2)22(21)8-9-23(26)24(28)17-27-14-4-3-5-15-27;1-14-11-18-16(17-7-9-22(3,25)12-19(14)17)8-10-23(4)20(15(2)13-24)5-6-21(18)23;1-13(12-23)18-4-5-19-16-10-20(24)17-11-21(2,25)8-6-15(17)14(16)7-9-22(18,19)3;1-13(12-24)18-4-5-19-16-10-20(23)17-11-21(2,25)8-6-15(17)14(16)7-9-22(18,19)3;1-13(2)18-5-6-19-16-11-20(23)17-12-21(3,24)9-7-15(17)14(16)8-10-22(18,19)4/h6,19-23,29H,3-5,7-17H2,1-2H3;16-18,20-21,24-25H,2,5-13H2,1,3-4H3;14-16,18-19,25H,1,4-12H2,2-3H3;14-16,18-19,24-25H,1,4-12H2,2-3H3;14-16,18-19,24H,1,5-12H2,2-4H3/t19-,20+,21+,22-,23+,25-,26-;16-,17-,18-,20-,21+,22+,23-;3*14-,15-,16-,18-,19+,21+,22-/m01111/s1. The first-order valence-corrected chi connectivity index (χ1v) is 54.3. The average Bonchev–Trinajstić information content (AvgIpc) is 1.52. The first-order valence-electron chi connectivity index (χ1n) is 53.2. The molecule has 9 nitrogen and oxygen atoms in total. The van der Waals surface area contributed by atoms with Crippen LogP contribution < -0.4 is 0 Å². The number of carbonyl (C=O) groups excluding carboxylic acids is 1. The molecule has 1 saturated heterocycles. The number of aliphatic hydroxyl groups is 7. The Morgan fingerprint density at radius 2 is 0.680 bits per heavy atom. The van der Waals surface area contributed by atoms with Crippen molar-refractivity contribution in [1.29, 1.82) is 0 Å². The van der Waals surface area contributed by atoms with E-state index in [1.165, 1.54) is 159 Å². The number of nitrogens with zero attached hydrogens (tertiary/aromatic N) is 1. The minimum absolute atomic E-state index is 0.0805. The van der Waals surface area contributed by atoms with Crippen LogP contribution in [0.25, 0.3) is 0 Å². The average molecular weight is 1840 g/mol. The number of hydrogen-bond donors (Lipinski definition) is 7. The number of carbonyl (C=O) groups is 1. The lowest BCUT2D eigenvalue weighted by molar-refractivity contribution is -0.130. The van der Waals surface area contributed by atoms with Gasteiger partial charge in [-0.15, -0.1) is 0 Å². The van der Waals surface area contributed by atoms with Crippen LogP contribution in [0.15, 0.2) is 106 Å². The van der Waals surface area contributed by atoms with Gasteiger partial charge in [-0.25, -0.2) is 13.2 Å². The number of rotatable bonds is 10. The smallest absolute Gasteiger partial charge is 0.150 e. The molecule has 13 heteroatoms. The molecule has 0 aromatic heterocycles. The summed E-state index contributed by atoms with van der Waals surface area (Å²) in [6.07, 6.45) is 48.3. The van der Waals surface area contributed by atoms with E-state index in [1.807, 2.05) is 34.6 Å². The molecule has 0 aromatic carbocycles. The van der Waals surface area contributed by atoms with E-state index in [2.05, 4.69) is 102 Å². The summed E-state index contributed by atoms with van der Waals surface area (Å²) in [5.41, 5.74) is 10.7. The first-order chi connectivity index (χ1) is 60.4. The van der Waals surface area contributed by atoms with Gasteiger partial charge >= 0.3 is 0 Å². The molecule has 15 saturated carbocycles. The van der Waals surface area contributed by atoms with Gasteiger partial charge in [0, 0.05) is 30.5 Å². The van der Waals surface area contributed by atoms with E-state index in [9.17, 15) is 40.5 Å². The Kier molecular flexibility index (Phi) is 27.7. The molecule has 21 rings (SSSR count). The van der Waals surface area contributed by atoms with Crippen molar-refractivity contribution >= 4 is 21.7 Å². The van der Waals surface area contributed by atoms with E-state index in [1.54, 1.807) is 16.7 Å². The highest BCUT2D eigenvalue weighted by atomic mass is 79.9. The number of fused-ring (bicyclic) bond motifs is 25. The van der Waals surface area contributed by atoms with Gasteiger partial charge < -0.3 is 35.7 Å². The van der Waals surface area contributed by atoms with Gasteiger partial charge in [-0.2, -0.15) is 0 Å². The molecule has 21 aliphatic rings. The van der Waals surface area contributed by atoms with Crippen LogP contribution in [0.4, 0.5) is 13.2 Å². The van der Waals surface area contributed by atoms with Gasteiger partial charge in [-0.3, -0.25) is 9.69 Å². The van der Waals surface area contributed by atoms with Crippen LogP contribution in [-0.4, -0.2) is 113 Å². The Hall–Kier alpha value is -2.72. The maximum Gasteiger partial charge on any atom is 0.150 e. The Bertz CT molecular complexity index is 4090. The second-order valence-electron chi connectivity index (χ2n) is 51.6. The largest absolute Gasteiger partial charge is 0.392 e. The highest BCUT2D eigenvalue weighted by molar-refractivity contribution is 9.09. The van der Waals surface area contributed by atoms with Crippen LogP contribution in [-0.2, 0) is 4.79 Å². The minimum atomic E-state index is -0.726. The third-order valence-electron chi connectivity index (χ3n) is 44.1. The summed E-state index contributed by atoms with van der Waals surface area (Å²) in [5, 5.41) is 72.5. The van der Waals surface area contributed by atoms with Crippen molar-refractivity contribution in [2.45, 2.75) is 387 Å². The molecule has 7 N–H and O–H groups in total. The van der Waals surface area contributed by atoms with Gasteiger partial charge in [-0.1, -0.05) is 117 Å². The molecule has 128 heavy (non-hydrogen) atoms. The molecular formula is C115H175BrF3NO8. The molecular weight excluding hydrogens is 1660 g/mol. The van der Waals surface area contributed by atoms with E-state index in [0.717, 1.165) is 178 Å². The molecule has 35 atom stereocenters. The number of halogens is 4. The van der Waals surface area contributed by atoms with Gasteiger partial charge in [0.15, 0.2) is 0 Å². The lowest BCUT2D eigenvalue weighted by Gasteiger charge is -2.55. The zero-order chi connectivity index (χ0) is 91.4. The van der Waals surface area contributed by atoms with Crippen molar-refractivity contribution in [2.24, 2.45) is 175 Å². The topological polar surface area (TPSA) is 162 Å². The number of piperidine rings is 1. The quantitative estimate of drug-likeness (QED) is 0.0834. The van der Waals surface area contributed by atoms with Crippen LogP contribution in [0.2, 0.25) is 0 Å². The summed E-state index contributed by atoms with van der Waals surface area (Å²) >= 11 is 3.61. The molecule has 0 amide bonds. The number of likely N-dealkylation sites (tertiary alicyclic amines) is 1. The van der Waals surface area contributed by atoms with Gasteiger partial charge in [0.2, 0.25) is 0 Å². The van der Waals surface area contributed by atoms with Crippen molar-refractivity contribution in [3.05, 3.63) is 106 Å². The molecule has 0 aromatic rings. The summed E-state index contributed by atoms with van der Waals surface area (Å²) in [6.45, 7) is 46.6. The van der Waals surface area contributed by atoms with E-state index >= 15 is 13.2 Å². The molecule has 0 radical (unpaired) electrons. The maximum absolute atomic E-state index is 15.1. The van der Waals surface area contributed by atoms with Crippen molar-refractivity contribution in [3.8, 4) is 0 Å². The highest BCUT2D eigenvalue weighted by Gasteiger charge is 2.65. The fraction of sp³-hybridized carbons (Fsp3) is 0.835. The Morgan fingerprint density at radius 1 is 0.375 bits per heavy atom. The molecule has 20 aliphatic carbocycles. The first kappa shape index (κ1) is 96.9. The predicted molar refractivity (Wildman–Crippen MR) is 516 cm³/mol. The minimum Gasteiger partial charge on any atom is -0.392 e. The fourth-order valence-corrected chi connectivity index (χ4v) is 38.2. The van der Waals surface area contributed by atoms with Crippen LogP contribution in [0, 0.1) is 175 Å². The molecule has 0 unspecified atom stereocenters. The van der Waals surface area contributed by atoms with Crippen LogP contribution >= 0.6 is 15.9 Å². The SMILES string of the molecule is C=C(C)[C@H]1CC[C@H]2[C@@H]3CC(F)=C4C[C@@](C)(O)CC[C@@H]4[C@H]3CC[C@]12C.C=C(CBr)[C@H]1CC[C@H]2[C@@H]3CC(F)=C4C[C@@](C)(O)CC[C@@H]4[C@H]3CC[C@]12C.C=C(CO)[C@H]1CC[C@H]2[C@@H]3CC(C)=C4C[C@@](C)(O)CC[C@@H]4[C@H]3CC[C@]12C.C=C(CO)[C@H]1CC[C@H]2[C@@H]3CC(F)=C4C[C@@](C)(O)CC[C@@H]4[C@H]3CC[C@]12C.C[C@]1(O)CC[C@H]2C(=CC[C@@H]3[C@@H]2CC[C@]2(C)[C@@H](C(=O)CN4CCCCC4)CC[C@@H]32)C1. The maximum atomic E-state index is 15.1. The number of Topliss-reactive ketones (excluding diaryl/α,β-unsaturated/α-hetero) is 1. The monoisotopic (exact) mass is 1830 g/mol. The van der Waals surface area contributed by atoms with Crippen LogP contribution in [0.3, 0.4) is 0 Å². The zero-order valence-corrected chi connectivity index (χ0v) is 83.6. The summed E-state index contributed by atoms with van der Waals surface area (Å²) in [4.78, 5) is 15.8. The summed E-state index contributed by atoms with van der Waals surface area (Å²) in [6, 6.07) is 0. The molecule has 16 fully saturated rings. The summed E-state index contributed by atoms with van der Waals surface area (Å²) in [5.74, 6) is 15.8. The predicted octanol–water partition coefficient (Wildman–Crippen LogP) is 26.6. The number of hydrogen-bond acceptors (Lipinski definition) is 9. The lowest BCUT2D eigenvalue weighted by Crippen LogP contribution is -2.49. The third-order valence-corrected chi connectivity index (χ3v) is 44.8. The van der Waals surface area contributed by atoms with Gasteiger partial charge in [-0.05, 0) is 509 Å². The Balaban J connectivity index is 0.000000113. The van der Waals surface area contributed by atoms with E-state index in [0.29, 0.717) is 174 Å². The number of ketones is 1. The normalized spacial score (nSPS) is 49.3. The van der Waals surface area contributed by atoms with E-state index in [-0.39, 0.29) is 41.5 Å². The van der Waals surface area contributed by atoms with Crippen molar-refractivity contribution in [1.82, 2.24) is 4.90 Å². The van der Waals surface area contributed by atoms with Crippen molar-refractivity contribution in [2.75, 3.05) is 38.2 Å². The third kappa shape index (κ3) is 17.7.